The van der Waals surface area contributed by atoms with Gasteiger partial charge in [0.15, 0.2) is 0 Å². The van der Waals surface area contributed by atoms with Gasteiger partial charge in [0, 0.05) is 25.4 Å². The fourth-order valence-electron chi connectivity index (χ4n) is 2.56. The molecule has 2 N–H and O–H groups in total. The number of rotatable bonds is 9. The van der Waals surface area contributed by atoms with Crippen LogP contribution in [-0.2, 0) is 4.79 Å². The van der Waals surface area contributed by atoms with Gasteiger partial charge < -0.3 is 10.4 Å². The normalized spacial score (nSPS) is 10.8. The third-order valence-corrected chi connectivity index (χ3v) is 3.96. The largest absolute Gasteiger partial charge is 0.481 e. The Morgan fingerprint density at radius 2 is 1.92 bits per heavy atom. The second kappa shape index (κ2) is 8.96. The van der Waals surface area contributed by atoms with Crippen LogP contribution in [0, 0.1) is 6.92 Å². The van der Waals surface area contributed by atoms with Gasteiger partial charge >= 0.3 is 5.97 Å². The van der Waals surface area contributed by atoms with Gasteiger partial charge in [-0.25, -0.2) is 4.98 Å². The lowest BCUT2D eigenvalue weighted by atomic mass is 10.1. The number of aliphatic carboxylic acids is 1. The van der Waals surface area contributed by atoms with E-state index in [1.807, 2.05) is 6.92 Å². The summed E-state index contributed by atoms with van der Waals surface area (Å²) in [5.74, 6) is -1.18. The molecule has 2 aromatic heterocycles. The minimum absolute atomic E-state index is 0.0304. The lowest BCUT2D eigenvalue weighted by molar-refractivity contribution is -0.137. The molecule has 0 saturated carbocycles. The number of hydrogen-bond donors (Lipinski definition) is 2. The molecule has 25 heavy (non-hydrogen) atoms. The highest BCUT2D eigenvalue weighted by Gasteiger charge is 2.12. The minimum Gasteiger partial charge on any atom is -0.481 e. The number of nitrogens with one attached hydrogen (secondary N) is 1. The molecule has 2 heterocycles. The molecule has 1 amide bonds. The molecule has 0 atom stereocenters. The second-order valence-corrected chi connectivity index (χ2v) is 6.08. The predicted octanol–water partition coefficient (Wildman–Crippen LogP) is 2.16. The molecule has 0 aliphatic heterocycles. The molecular weight excluding hydrogens is 322 g/mol. The zero-order chi connectivity index (χ0) is 18.2. The highest BCUT2D eigenvalue weighted by Crippen LogP contribution is 2.05. The summed E-state index contributed by atoms with van der Waals surface area (Å²) in [5.41, 5.74) is 1.16. The zero-order valence-electron chi connectivity index (χ0n) is 14.3. The standard InChI is InChI=1S/C18H23N3O4/c1-13-8-10-21-15(11-13)20-12-14(18(21)25)17(24)19-9-6-4-2-3-5-7-16(22)23/h8,10-12H,2-7,9H2,1H3,(H,19,24)(H,22,23). The van der Waals surface area contributed by atoms with Crippen molar-refractivity contribution in [2.45, 2.75) is 45.4 Å². The molecular formula is C18H23N3O4. The number of unbranched alkanes of at least 4 members (excludes halogenated alkanes) is 4. The van der Waals surface area contributed by atoms with E-state index in [2.05, 4.69) is 10.3 Å². The van der Waals surface area contributed by atoms with Gasteiger partial charge in [-0.15, -0.1) is 0 Å². The molecule has 0 fully saturated rings. The van der Waals surface area contributed by atoms with Gasteiger partial charge in [0.25, 0.3) is 11.5 Å². The van der Waals surface area contributed by atoms with Crippen LogP contribution >= 0.6 is 0 Å². The quantitative estimate of drug-likeness (QED) is 0.678. The van der Waals surface area contributed by atoms with Gasteiger partial charge in [-0.1, -0.05) is 19.3 Å². The van der Waals surface area contributed by atoms with Crippen LogP contribution in [-0.4, -0.2) is 32.9 Å². The highest BCUT2D eigenvalue weighted by molar-refractivity contribution is 5.93. The van der Waals surface area contributed by atoms with Crippen molar-refractivity contribution < 1.29 is 14.7 Å². The molecule has 0 unspecified atom stereocenters. The number of aromatic nitrogens is 2. The topological polar surface area (TPSA) is 101 Å². The molecule has 2 aromatic rings. The van der Waals surface area contributed by atoms with E-state index in [1.54, 1.807) is 18.3 Å². The third kappa shape index (κ3) is 5.41. The van der Waals surface area contributed by atoms with Crippen LogP contribution in [0.2, 0.25) is 0 Å². The van der Waals surface area contributed by atoms with E-state index in [0.717, 1.165) is 31.2 Å². The number of carboxylic acid groups (broad SMARTS) is 1. The predicted molar refractivity (Wildman–Crippen MR) is 93.9 cm³/mol. The molecule has 0 radical (unpaired) electrons. The van der Waals surface area contributed by atoms with E-state index in [4.69, 9.17) is 5.11 Å². The maximum atomic E-state index is 12.4. The number of carboxylic acids is 1. The van der Waals surface area contributed by atoms with Crippen LogP contribution in [0.15, 0.2) is 29.3 Å². The van der Waals surface area contributed by atoms with Gasteiger partial charge in [0.2, 0.25) is 0 Å². The molecule has 0 aliphatic rings. The highest BCUT2D eigenvalue weighted by atomic mass is 16.4. The van der Waals surface area contributed by atoms with E-state index < -0.39 is 11.9 Å². The van der Waals surface area contributed by atoms with E-state index in [-0.39, 0.29) is 17.5 Å². The Morgan fingerprint density at radius 1 is 1.20 bits per heavy atom. The van der Waals surface area contributed by atoms with Crippen molar-refractivity contribution in [3.63, 3.8) is 0 Å². The van der Waals surface area contributed by atoms with Crippen molar-refractivity contribution in [3.8, 4) is 0 Å². The molecule has 2 rings (SSSR count). The van der Waals surface area contributed by atoms with E-state index in [1.165, 1.54) is 10.6 Å². The first kappa shape index (κ1) is 18.6. The van der Waals surface area contributed by atoms with Crippen LogP contribution in [0.3, 0.4) is 0 Å². The average molecular weight is 345 g/mol. The summed E-state index contributed by atoms with van der Waals surface area (Å²) < 4.78 is 1.37. The van der Waals surface area contributed by atoms with Crippen LogP contribution in [0.25, 0.3) is 5.65 Å². The van der Waals surface area contributed by atoms with Gasteiger partial charge in [-0.2, -0.15) is 0 Å². The number of amides is 1. The molecule has 7 nitrogen and oxygen atoms in total. The van der Waals surface area contributed by atoms with Crippen LogP contribution in [0.4, 0.5) is 0 Å². The first-order valence-electron chi connectivity index (χ1n) is 8.47. The van der Waals surface area contributed by atoms with E-state index >= 15 is 0 Å². The number of carbonyl (C=O) groups is 2. The fraction of sp³-hybridized carbons (Fsp3) is 0.444. The number of carbonyl (C=O) groups excluding carboxylic acids is 1. The monoisotopic (exact) mass is 345 g/mol. The number of hydrogen-bond acceptors (Lipinski definition) is 4. The Balaban J connectivity index is 1.80. The van der Waals surface area contributed by atoms with Crippen molar-refractivity contribution in [1.29, 1.82) is 0 Å². The lowest BCUT2D eigenvalue weighted by Gasteiger charge is -2.06. The molecule has 134 valence electrons. The summed E-state index contributed by atoms with van der Waals surface area (Å²) in [7, 11) is 0. The maximum Gasteiger partial charge on any atom is 0.303 e. The number of pyridine rings is 1. The number of nitrogens with zero attached hydrogens (tertiary/aromatic N) is 2. The van der Waals surface area contributed by atoms with Crippen LogP contribution in [0.1, 0.15) is 54.4 Å². The first-order chi connectivity index (χ1) is 12.0. The van der Waals surface area contributed by atoms with Crippen molar-refractivity contribution in [2.24, 2.45) is 0 Å². The zero-order valence-corrected chi connectivity index (χ0v) is 14.3. The fourth-order valence-corrected chi connectivity index (χ4v) is 2.56. The maximum absolute atomic E-state index is 12.4. The van der Waals surface area contributed by atoms with Gasteiger partial charge in [0.1, 0.15) is 11.2 Å². The number of aryl methyl sites for hydroxylation is 1. The summed E-state index contributed by atoms with van der Waals surface area (Å²) in [6.07, 6.45) is 7.33. The van der Waals surface area contributed by atoms with E-state index in [9.17, 15) is 14.4 Å². The van der Waals surface area contributed by atoms with Gasteiger partial charge in [-0.05, 0) is 37.5 Å². The minimum atomic E-state index is -0.766. The molecule has 0 aromatic carbocycles. The van der Waals surface area contributed by atoms with Crippen molar-refractivity contribution in [3.05, 3.63) is 46.0 Å². The second-order valence-electron chi connectivity index (χ2n) is 6.08. The van der Waals surface area contributed by atoms with Gasteiger partial charge in [-0.3, -0.25) is 18.8 Å². The number of fused-ring (bicyclic) bond motifs is 1. The summed E-state index contributed by atoms with van der Waals surface area (Å²) in [5, 5.41) is 11.3. The SMILES string of the molecule is Cc1ccn2c(=O)c(C(=O)NCCCCCCCC(=O)O)cnc2c1. The van der Waals surface area contributed by atoms with Gasteiger partial charge in [0.05, 0.1) is 0 Å². The Kier molecular flexibility index (Phi) is 6.68. The third-order valence-electron chi connectivity index (χ3n) is 3.96. The van der Waals surface area contributed by atoms with Crippen molar-refractivity contribution in [1.82, 2.24) is 14.7 Å². The molecule has 0 saturated heterocycles. The Morgan fingerprint density at radius 3 is 2.68 bits per heavy atom. The average Bonchev–Trinajstić information content (AvgIpc) is 2.57. The van der Waals surface area contributed by atoms with Crippen molar-refractivity contribution in [2.75, 3.05) is 6.54 Å². The Bertz CT molecular complexity index is 814. The summed E-state index contributed by atoms with van der Waals surface area (Å²) in [6.45, 7) is 2.39. The Hall–Kier alpha value is -2.70. The summed E-state index contributed by atoms with van der Waals surface area (Å²) in [4.78, 5) is 39.1. The lowest BCUT2D eigenvalue weighted by Crippen LogP contribution is -2.32. The summed E-state index contributed by atoms with van der Waals surface area (Å²) >= 11 is 0. The molecule has 0 bridgehead atoms. The molecule has 0 aliphatic carbocycles. The summed E-state index contributed by atoms with van der Waals surface area (Å²) in [6, 6.07) is 3.58. The van der Waals surface area contributed by atoms with Crippen LogP contribution in [0.5, 0.6) is 0 Å². The molecule has 7 heteroatoms. The van der Waals surface area contributed by atoms with Crippen molar-refractivity contribution >= 4 is 17.5 Å². The van der Waals surface area contributed by atoms with E-state index in [0.29, 0.717) is 18.6 Å². The first-order valence-corrected chi connectivity index (χ1v) is 8.47. The smallest absolute Gasteiger partial charge is 0.303 e. The van der Waals surface area contributed by atoms with Crippen LogP contribution < -0.4 is 10.9 Å². The molecule has 0 spiro atoms. The Labute approximate surface area is 145 Å².